The molecule has 4 nitrogen and oxygen atoms in total. The van der Waals surface area contributed by atoms with E-state index in [4.69, 9.17) is 10.2 Å². The smallest absolute Gasteiger partial charge is 0.209 e. The Kier molecular flexibility index (Phi) is 3.66. The van der Waals surface area contributed by atoms with Crippen molar-refractivity contribution in [3.63, 3.8) is 0 Å². The maximum atomic E-state index is 5.94. The van der Waals surface area contributed by atoms with Gasteiger partial charge in [-0.2, -0.15) is 0 Å². The number of nitrogens with zero attached hydrogens (tertiary/aromatic N) is 2. The molecule has 2 aromatic rings. The second-order valence-electron chi connectivity index (χ2n) is 7.11. The fourth-order valence-corrected chi connectivity index (χ4v) is 3.25. The van der Waals surface area contributed by atoms with Gasteiger partial charge in [0.25, 0.3) is 0 Å². The summed E-state index contributed by atoms with van der Waals surface area (Å²) in [6, 6.07) is 6.32. The van der Waals surface area contributed by atoms with Crippen molar-refractivity contribution in [1.29, 1.82) is 0 Å². The summed E-state index contributed by atoms with van der Waals surface area (Å²) in [6.07, 6.45) is 5.10. The van der Waals surface area contributed by atoms with Crippen molar-refractivity contribution >= 4 is 16.8 Å². The molecule has 1 fully saturated rings. The number of hydrogen-bond acceptors (Lipinski definition) is 4. The molecule has 0 unspecified atom stereocenters. The normalized spacial score (nSPS) is 19.4. The second-order valence-corrected chi connectivity index (χ2v) is 7.11. The molecule has 114 valence electrons. The molecule has 1 saturated carbocycles. The molecule has 21 heavy (non-hydrogen) atoms. The van der Waals surface area contributed by atoms with Gasteiger partial charge < -0.3 is 10.2 Å². The molecule has 2 N–H and O–H groups in total. The monoisotopic (exact) mass is 287 g/mol. The zero-order chi connectivity index (χ0) is 15.0. The molecular weight excluding hydrogens is 262 g/mol. The van der Waals surface area contributed by atoms with Crippen molar-refractivity contribution in [3.8, 4) is 0 Å². The Morgan fingerprint density at radius 3 is 2.71 bits per heavy atom. The van der Waals surface area contributed by atoms with Crippen LogP contribution in [0.5, 0.6) is 0 Å². The third kappa shape index (κ3) is 3.05. The van der Waals surface area contributed by atoms with E-state index in [1.165, 1.54) is 25.7 Å². The highest BCUT2D eigenvalue weighted by Crippen LogP contribution is 2.37. The fourth-order valence-electron chi connectivity index (χ4n) is 3.25. The SMILES string of the molecule is CN(Cc1nc2c(N)cccc2o1)C1CCC(C)(C)CC1. The Hall–Kier alpha value is -1.55. The summed E-state index contributed by atoms with van der Waals surface area (Å²) in [6.45, 7) is 5.48. The molecule has 4 heteroatoms. The average Bonchev–Trinajstić information content (AvgIpc) is 2.82. The molecule has 1 aromatic carbocycles. The van der Waals surface area contributed by atoms with Crippen LogP contribution in [0.2, 0.25) is 0 Å². The molecule has 0 aliphatic heterocycles. The van der Waals surface area contributed by atoms with Crippen molar-refractivity contribution in [2.45, 2.75) is 52.1 Å². The molecule has 1 aliphatic carbocycles. The minimum atomic E-state index is 0.503. The van der Waals surface area contributed by atoms with Crippen LogP contribution in [0.4, 0.5) is 5.69 Å². The van der Waals surface area contributed by atoms with Crippen molar-refractivity contribution in [2.24, 2.45) is 5.41 Å². The first-order valence-electron chi connectivity index (χ1n) is 7.79. The molecular formula is C17H25N3O. The summed E-state index contributed by atoms with van der Waals surface area (Å²) in [5, 5.41) is 0. The molecule has 0 spiro atoms. The maximum absolute atomic E-state index is 5.94. The predicted octanol–water partition coefficient (Wildman–Crippen LogP) is 3.81. The predicted molar refractivity (Wildman–Crippen MR) is 85.9 cm³/mol. The minimum absolute atomic E-state index is 0.503. The zero-order valence-electron chi connectivity index (χ0n) is 13.2. The van der Waals surface area contributed by atoms with E-state index in [0.717, 1.165) is 23.5 Å². The van der Waals surface area contributed by atoms with Crippen LogP contribution >= 0.6 is 0 Å². The highest BCUT2D eigenvalue weighted by Gasteiger charge is 2.29. The lowest BCUT2D eigenvalue weighted by atomic mass is 9.75. The van der Waals surface area contributed by atoms with Crippen molar-refractivity contribution in [3.05, 3.63) is 24.1 Å². The first kappa shape index (κ1) is 14.4. The van der Waals surface area contributed by atoms with E-state index < -0.39 is 0 Å². The Bertz CT molecular complexity index is 622. The van der Waals surface area contributed by atoms with Crippen LogP contribution in [0.3, 0.4) is 0 Å². The van der Waals surface area contributed by atoms with E-state index in [1.54, 1.807) is 0 Å². The summed E-state index contributed by atoms with van der Waals surface area (Å²) >= 11 is 0. The first-order valence-corrected chi connectivity index (χ1v) is 7.79. The third-order valence-corrected chi connectivity index (χ3v) is 4.81. The van der Waals surface area contributed by atoms with E-state index in [2.05, 4.69) is 30.8 Å². The van der Waals surface area contributed by atoms with Crippen LogP contribution in [0.1, 0.15) is 45.4 Å². The van der Waals surface area contributed by atoms with Gasteiger partial charge in [0.15, 0.2) is 5.58 Å². The topological polar surface area (TPSA) is 55.3 Å². The van der Waals surface area contributed by atoms with Crippen LogP contribution in [-0.2, 0) is 6.54 Å². The van der Waals surface area contributed by atoms with Crippen LogP contribution in [0, 0.1) is 5.41 Å². The van der Waals surface area contributed by atoms with Crippen molar-refractivity contribution in [2.75, 3.05) is 12.8 Å². The van der Waals surface area contributed by atoms with Gasteiger partial charge in [0.05, 0.1) is 12.2 Å². The highest BCUT2D eigenvalue weighted by atomic mass is 16.3. The molecule has 0 atom stereocenters. The quantitative estimate of drug-likeness (QED) is 0.872. The van der Waals surface area contributed by atoms with Gasteiger partial charge in [0.1, 0.15) is 5.52 Å². The van der Waals surface area contributed by atoms with Gasteiger partial charge in [0.2, 0.25) is 5.89 Å². The fraction of sp³-hybridized carbons (Fsp3) is 0.588. The molecule has 0 bridgehead atoms. The van der Waals surface area contributed by atoms with E-state index in [0.29, 0.717) is 17.1 Å². The summed E-state index contributed by atoms with van der Waals surface area (Å²) in [4.78, 5) is 6.91. The number of nitrogens with two attached hydrogens (primary N) is 1. The van der Waals surface area contributed by atoms with Gasteiger partial charge in [0, 0.05) is 6.04 Å². The number of hydrogen-bond donors (Lipinski definition) is 1. The van der Waals surface area contributed by atoms with Gasteiger partial charge in [-0.1, -0.05) is 19.9 Å². The molecule has 1 heterocycles. The largest absolute Gasteiger partial charge is 0.439 e. The van der Waals surface area contributed by atoms with Crippen molar-refractivity contribution < 1.29 is 4.42 Å². The van der Waals surface area contributed by atoms with Crippen LogP contribution < -0.4 is 5.73 Å². The molecule has 3 rings (SSSR count). The van der Waals surface area contributed by atoms with E-state index in [9.17, 15) is 0 Å². The van der Waals surface area contributed by atoms with Crippen molar-refractivity contribution in [1.82, 2.24) is 9.88 Å². The summed E-state index contributed by atoms with van der Waals surface area (Å²) < 4.78 is 5.82. The maximum Gasteiger partial charge on any atom is 0.209 e. The van der Waals surface area contributed by atoms with Gasteiger partial charge in [-0.25, -0.2) is 4.98 Å². The van der Waals surface area contributed by atoms with Crippen LogP contribution in [0.15, 0.2) is 22.6 Å². The minimum Gasteiger partial charge on any atom is -0.439 e. The van der Waals surface area contributed by atoms with E-state index in [-0.39, 0.29) is 0 Å². The molecule has 0 radical (unpaired) electrons. The Morgan fingerprint density at radius 1 is 1.33 bits per heavy atom. The second kappa shape index (κ2) is 5.34. The van der Waals surface area contributed by atoms with Gasteiger partial charge in [-0.3, -0.25) is 4.90 Å². The van der Waals surface area contributed by atoms with E-state index in [1.807, 2.05) is 18.2 Å². The van der Waals surface area contributed by atoms with Crippen LogP contribution in [0.25, 0.3) is 11.1 Å². The summed E-state index contributed by atoms with van der Waals surface area (Å²) in [7, 11) is 2.17. The summed E-state index contributed by atoms with van der Waals surface area (Å²) in [5.74, 6) is 0.759. The van der Waals surface area contributed by atoms with Gasteiger partial charge in [-0.05, 0) is 50.3 Å². The number of nitrogen functional groups attached to an aromatic ring is 1. The van der Waals surface area contributed by atoms with Gasteiger partial charge >= 0.3 is 0 Å². The molecule has 0 saturated heterocycles. The average molecular weight is 287 g/mol. The third-order valence-electron chi connectivity index (χ3n) is 4.81. The Morgan fingerprint density at radius 2 is 2.05 bits per heavy atom. The lowest BCUT2D eigenvalue weighted by Crippen LogP contribution is -2.36. The highest BCUT2D eigenvalue weighted by molar-refractivity contribution is 5.85. The Labute approximate surface area is 126 Å². The number of oxazole rings is 1. The standard InChI is InChI=1S/C17H25N3O/c1-17(2)9-7-12(8-10-17)20(3)11-15-19-16-13(18)5-4-6-14(16)21-15/h4-6,12H,7-11,18H2,1-3H3. The summed E-state index contributed by atoms with van der Waals surface area (Å²) in [5.41, 5.74) is 8.69. The number of para-hydroxylation sites is 1. The molecule has 0 amide bonds. The number of fused-ring (bicyclic) bond motifs is 1. The number of anilines is 1. The number of aromatic nitrogens is 1. The van der Waals surface area contributed by atoms with Gasteiger partial charge in [-0.15, -0.1) is 0 Å². The molecule has 1 aliphatic rings. The Balaban J connectivity index is 1.69. The lowest BCUT2D eigenvalue weighted by Gasteiger charge is -2.38. The lowest BCUT2D eigenvalue weighted by molar-refractivity contribution is 0.116. The number of benzene rings is 1. The van der Waals surface area contributed by atoms with Crippen LogP contribution in [-0.4, -0.2) is 23.0 Å². The molecule has 1 aromatic heterocycles. The zero-order valence-corrected chi connectivity index (χ0v) is 13.2. The van der Waals surface area contributed by atoms with E-state index >= 15 is 0 Å². The number of rotatable bonds is 3. The first-order chi connectivity index (χ1) is 9.94.